The van der Waals surface area contributed by atoms with Crippen LogP contribution in [0.5, 0.6) is 0 Å². The number of ether oxygens (including phenoxy) is 2. The summed E-state index contributed by atoms with van der Waals surface area (Å²) in [4.78, 5) is 48.8. The van der Waals surface area contributed by atoms with Gasteiger partial charge < -0.3 is 20.5 Å². The molecule has 0 aliphatic rings. The molecule has 0 unspecified atom stereocenters. The second kappa shape index (κ2) is 10.9. The Morgan fingerprint density at radius 2 is 1.63 bits per heavy atom. The molecular formula is C22H26N2O6. The summed E-state index contributed by atoms with van der Waals surface area (Å²) in [6.45, 7) is 3.38. The highest BCUT2D eigenvalue weighted by Gasteiger charge is 2.37. The number of carbonyl (C=O) groups is 4. The molecule has 8 nitrogen and oxygen atoms in total. The topological polar surface area (TPSA) is 125 Å². The third kappa shape index (κ3) is 6.30. The maximum atomic E-state index is 12.6. The summed E-state index contributed by atoms with van der Waals surface area (Å²) in [5.41, 5.74) is 6.15. The van der Waals surface area contributed by atoms with Crippen molar-refractivity contribution >= 4 is 34.5 Å². The van der Waals surface area contributed by atoms with Crippen molar-refractivity contribution in [1.82, 2.24) is 5.32 Å². The van der Waals surface area contributed by atoms with E-state index in [9.17, 15) is 19.2 Å². The van der Waals surface area contributed by atoms with E-state index < -0.39 is 42.1 Å². The van der Waals surface area contributed by atoms with E-state index in [4.69, 9.17) is 15.2 Å². The summed E-state index contributed by atoms with van der Waals surface area (Å²) in [6.07, 6.45) is -0.458. The monoisotopic (exact) mass is 414 g/mol. The smallest absolute Gasteiger partial charge is 0.312 e. The second-order valence-electron chi connectivity index (χ2n) is 6.67. The van der Waals surface area contributed by atoms with Crippen LogP contribution in [0.15, 0.2) is 42.5 Å². The van der Waals surface area contributed by atoms with Gasteiger partial charge in [-0.25, -0.2) is 0 Å². The molecule has 0 heterocycles. The molecule has 0 radical (unpaired) electrons. The zero-order chi connectivity index (χ0) is 22.1. The number of nitrogens with two attached hydrogens (primary N) is 1. The molecule has 3 N–H and O–H groups in total. The average molecular weight is 414 g/mol. The number of amides is 2. The van der Waals surface area contributed by atoms with Gasteiger partial charge in [-0.15, -0.1) is 0 Å². The quantitative estimate of drug-likeness (QED) is 0.568. The van der Waals surface area contributed by atoms with Gasteiger partial charge in [0.25, 0.3) is 0 Å². The number of rotatable bonds is 10. The minimum atomic E-state index is -1.40. The Labute approximate surface area is 174 Å². The molecule has 0 fully saturated rings. The normalized spacial score (nSPS) is 12.6. The average Bonchev–Trinajstić information content (AvgIpc) is 2.70. The zero-order valence-electron chi connectivity index (χ0n) is 17.1. The molecule has 30 heavy (non-hydrogen) atoms. The van der Waals surface area contributed by atoms with Gasteiger partial charge in [0.15, 0.2) is 0 Å². The van der Waals surface area contributed by atoms with Gasteiger partial charge in [0.05, 0.1) is 32.0 Å². The van der Waals surface area contributed by atoms with E-state index in [1.807, 2.05) is 42.5 Å². The van der Waals surface area contributed by atoms with Gasteiger partial charge in [0, 0.05) is 0 Å². The van der Waals surface area contributed by atoms with Gasteiger partial charge in [-0.1, -0.05) is 42.5 Å². The Kier molecular flexibility index (Phi) is 8.34. The Bertz CT molecular complexity index is 927. The predicted octanol–water partition coefficient (Wildman–Crippen LogP) is 1.48. The fraction of sp³-hybridized carbons (Fsp3) is 0.364. The molecule has 0 aliphatic heterocycles. The van der Waals surface area contributed by atoms with Crippen LogP contribution in [0, 0.1) is 5.92 Å². The van der Waals surface area contributed by atoms with Crippen LogP contribution < -0.4 is 11.1 Å². The van der Waals surface area contributed by atoms with E-state index in [1.165, 1.54) is 0 Å². The highest BCUT2D eigenvalue weighted by molar-refractivity contribution is 5.93. The number of primary amides is 1. The molecule has 0 spiro atoms. The molecule has 2 atom stereocenters. The molecule has 2 amide bonds. The van der Waals surface area contributed by atoms with Crippen LogP contribution in [-0.2, 0) is 35.1 Å². The summed E-state index contributed by atoms with van der Waals surface area (Å²) in [7, 11) is 0. The van der Waals surface area contributed by atoms with Crippen LogP contribution in [0.1, 0.15) is 25.8 Å². The third-order valence-electron chi connectivity index (χ3n) is 4.49. The van der Waals surface area contributed by atoms with Crippen molar-refractivity contribution in [2.75, 3.05) is 13.2 Å². The summed E-state index contributed by atoms with van der Waals surface area (Å²) >= 11 is 0. The number of hydrogen-bond donors (Lipinski definition) is 2. The van der Waals surface area contributed by atoms with E-state index in [2.05, 4.69) is 5.32 Å². The first kappa shape index (κ1) is 22.9. The fourth-order valence-electron chi connectivity index (χ4n) is 3.11. The van der Waals surface area contributed by atoms with Crippen LogP contribution in [0.25, 0.3) is 10.8 Å². The summed E-state index contributed by atoms with van der Waals surface area (Å²) in [5.74, 6) is -4.22. The number of hydrogen-bond acceptors (Lipinski definition) is 6. The maximum Gasteiger partial charge on any atom is 0.312 e. The van der Waals surface area contributed by atoms with Crippen molar-refractivity contribution in [3.8, 4) is 0 Å². The molecule has 2 aromatic carbocycles. The summed E-state index contributed by atoms with van der Waals surface area (Å²) < 4.78 is 9.82. The molecule has 0 aromatic heterocycles. The molecule has 8 heteroatoms. The lowest BCUT2D eigenvalue weighted by Crippen LogP contribution is -2.52. The minimum absolute atomic E-state index is 0.0242. The van der Waals surface area contributed by atoms with Crippen LogP contribution in [0.4, 0.5) is 0 Å². The van der Waals surface area contributed by atoms with E-state index in [0.717, 1.165) is 16.3 Å². The van der Waals surface area contributed by atoms with E-state index >= 15 is 0 Å². The Balaban J connectivity index is 2.16. The molecule has 160 valence electrons. The number of fused-ring (bicyclic) bond motifs is 1. The third-order valence-corrected chi connectivity index (χ3v) is 4.49. The van der Waals surface area contributed by atoms with Crippen LogP contribution in [-0.4, -0.2) is 43.0 Å². The molecule has 0 saturated carbocycles. The van der Waals surface area contributed by atoms with Crippen molar-refractivity contribution < 1.29 is 28.7 Å². The highest BCUT2D eigenvalue weighted by atomic mass is 16.5. The summed E-state index contributed by atoms with van der Waals surface area (Å²) in [6, 6.07) is 11.9. The molecule has 2 aromatic rings. The van der Waals surface area contributed by atoms with Crippen molar-refractivity contribution in [2.24, 2.45) is 11.7 Å². The molecule has 0 aliphatic carbocycles. The first-order chi connectivity index (χ1) is 14.3. The number of esters is 2. The zero-order valence-corrected chi connectivity index (χ0v) is 17.1. The standard InChI is InChI=1S/C22H26N2O6/c1-3-29-19(26)13-17(22(28)30-4-2)20(21(23)27)24-18(25)12-14-9-10-15-7-5-6-8-16(15)11-14/h5-11,17,20H,3-4,12-13H2,1-2H3,(H2,23,27)(H,24,25)/t17-,20-/m1/s1. The van der Waals surface area contributed by atoms with Crippen molar-refractivity contribution in [1.29, 1.82) is 0 Å². The molecular weight excluding hydrogens is 388 g/mol. The van der Waals surface area contributed by atoms with Crippen LogP contribution >= 0.6 is 0 Å². The lowest BCUT2D eigenvalue weighted by Gasteiger charge is -2.23. The van der Waals surface area contributed by atoms with Crippen LogP contribution in [0.3, 0.4) is 0 Å². The maximum absolute atomic E-state index is 12.6. The molecule has 0 saturated heterocycles. The Morgan fingerprint density at radius 1 is 0.967 bits per heavy atom. The van der Waals surface area contributed by atoms with Gasteiger partial charge in [0.2, 0.25) is 11.8 Å². The van der Waals surface area contributed by atoms with Gasteiger partial charge in [0.1, 0.15) is 6.04 Å². The molecule has 2 rings (SSSR count). The minimum Gasteiger partial charge on any atom is -0.466 e. The Morgan fingerprint density at radius 3 is 2.27 bits per heavy atom. The van der Waals surface area contributed by atoms with E-state index in [1.54, 1.807) is 13.8 Å². The predicted molar refractivity (Wildman–Crippen MR) is 110 cm³/mol. The second-order valence-corrected chi connectivity index (χ2v) is 6.67. The first-order valence-electron chi connectivity index (χ1n) is 9.74. The largest absolute Gasteiger partial charge is 0.466 e. The highest BCUT2D eigenvalue weighted by Crippen LogP contribution is 2.17. The number of nitrogens with one attached hydrogen (secondary N) is 1. The lowest BCUT2D eigenvalue weighted by atomic mass is 9.95. The number of carbonyl (C=O) groups excluding carboxylic acids is 4. The van der Waals surface area contributed by atoms with Gasteiger partial charge >= 0.3 is 11.9 Å². The van der Waals surface area contributed by atoms with Crippen molar-refractivity contribution in [3.05, 3.63) is 48.0 Å². The SMILES string of the molecule is CCOC(=O)C[C@@H](C(=O)OCC)[C@@H](NC(=O)Cc1ccc2ccccc2c1)C(N)=O. The molecule has 0 bridgehead atoms. The first-order valence-corrected chi connectivity index (χ1v) is 9.74. The van der Waals surface area contributed by atoms with Crippen molar-refractivity contribution in [2.45, 2.75) is 32.7 Å². The number of benzene rings is 2. The van der Waals surface area contributed by atoms with Crippen LogP contribution in [0.2, 0.25) is 0 Å². The van der Waals surface area contributed by atoms with Gasteiger partial charge in [-0.3, -0.25) is 19.2 Å². The van der Waals surface area contributed by atoms with E-state index in [0.29, 0.717) is 0 Å². The van der Waals surface area contributed by atoms with Crippen molar-refractivity contribution in [3.63, 3.8) is 0 Å². The van der Waals surface area contributed by atoms with Gasteiger partial charge in [-0.2, -0.15) is 0 Å². The fourth-order valence-corrected chi connectivity index (χ4v) is 3.11. The van der Waals surface area contributed by atoms with Gasteiger partial charge in [-0.05, 0) is 30.2 Å². The Hall–Kier alpha value is -3.42. The summed E-state index contributed by atoms with van der Waals surface area (Å²) in [5, 5.41) is 4.49. The van der Waals surface area contributed by atoms with E-state index in [-0.39, 0.29) is 19.6 Å². The lowest BCUT2D eigenvalue weighted by molar-refractivity contribution is -0.157.